The van der Waals surface area contributed by atoms with Gasteiger partial charge in [0.05, 0.1) is 6.20 Å². The van der Waals surface area contributed by atoms with E-state index in [4.69, 9.17) is 10.3 Å². The molecular weight excluding hydrogens is 218 g/mol. The third kappa shape index (κ3) is 2.28. The highest BCUT2D eigenvalue weighted by atomic mass is 16.5. The summed E-state index contributed by atoms with van der Waals surface area (Å²) in [5.41, 5.74) is 8.33. The summed E-state index contributed by atoms with van der Waals surface area (Å²) in [7, 11) is 0. The van der Waals surface area contributed by atoms with E-state index >= 15 is 0 Å². The van der Waals surface area contributed by atoms with Crippen molar-refractivity contribution in [2.24, 2.45) is 0 Å². The smallest absolute Gasteiger partial charge is 0.260 e. The summed E-state index contributed by atoms with van der Waals surface area (Å²) in [6.45, 7) is 3.59. The van der Waals surface area contributed by atoms with Crippen molar-refractivity contribution in [2.75, 3.05) is 11.1 Å². The van der Waals surface area contributed by atoms with Crippen LogP contribution in [-0.2, 0) is 0 Å². The first-order valence-corrected chi connectivity index (χ1v) is 5.16. The van der Waals surface area contributed by atoms with Crippen molar-refractivity contribution in [1.29, 1.82) is 0 Å². The highest BCUT2D eigenvalue weighted by Crippen LogP contribution is 2.19. The number of nitrogens with two attached hydrogens (primary N) is 1. The lowest BCUT2D eigenvalue weighted by molar-refractivity contribution is 0.102. The third-order valence-electron chi connectivity index (χ3n) is 2.51. The number of benzene rings is 1. The Morgan fingerprint density at radius 1 is 1.41 bits per heavy atom. The molecule has 2 rings (SSSR count). The second kappa shape index (κ2) is 4.29. The lowest BCUT2D eigenvalue weighted by Crippen LogP contribution is -2.13. The average Bonchev–Trinajstić information content (AvgIpc) is 2.70. The van der Waals surface area contributed by atoms with Gasteiger partial charge in [-0.2, -0.15) is 0 Å². The standard InChI is InChI=1S/C12H13N3O2/c1-7-3-4-9(13)5-11(7)15-12(16)10-6-14-17-8(10)2/h3-6H,13H2,1-2H3,(H,15,16). The monoisotopic (exact) mass is 231 g/mol. The Morgan fingerprint density at radius 3 is 2.82 bits per heavy atom. The van der Waals surface area contributed by atoms with Gasteiger partial charge in [0.1, 0.15) is 11.3 Å². The zero-order chi connectivity index (χ0) is 12.4. The molecule has 0 radical (unpaired) electrons. The molecule has 5 heteroatoms. The molecule has 0 aliphatic heterocycles. The zero-order valence-electron chi connectivity index (χ0n) is 9.65. The molecule has 0 spiro atoms. The topological polar surface area (TPSA) is 81.1 Å². The molecule has 2 aromatic rings. The van der Waals surface area contributed by atoms with Crippen molar-refractivity contribution in [3.63, 3.8) is 0 Å². The molecule has 1 aromatic heterocycles. The number of nitrogen functional groups attached to an aromatic ring is 1. The van der Waals surface area contributed by atoms with Crippen molar-refractivity contribution < 1.29 is 9.32 Å². The summed E-state index contributed by atoms with van der Waals surface area (Å²) in [5, 5.41) is 6.34. The fourth-order valence-corrected chi connectivity index (χ4v) is 1.48. The molecule has 0 aliphatic rings. The minimum atomic E-state index is -0.252. The van der Waals surface area contributed by atoms with Gasteiger partial charge < -0.3 is 15.6 Å². The Balaban J connectivity index is 2.24. The number of aryl methyl sites for hydroxylation is 2. The first-order chi connectivity index (χ1) is 8.08. The number of hydrogen-bond donors (Lipinski definition) is 2. The van der Waals surface area contributed by atoms with Gasteiger partial charge in [-0.05, 0) is 31.5 Å². The van der Waals surface area contributed by atoms with E-state index in [2.05, 4.69) is 10.5 Å². The summed E-state index contributed by atoms with van der Waals surface area (Å²) in [6, 6.07) is 5.36. The average molecular weight is 231 g/mol. The van der Waals surface area contributed by atoms with Crippen LogP contribution < -0.4 is 11.1 Å². The lowest BCUT2D eigenvalue weighted by atomic mass is 10.1. The Labute approximate surface area is 98.6 Å². The lowest BCUT2D eigenvalue weighted by Gasteiger charge is -2.08. The molecule has 0 aliphatic carbocycles. The largest absolute Gasteiger partial charge is 0.399 e. The highest BCUT2D eigenvalue weighted by Gasteiger charge is 2.13. The Morgan fingerprint density at radius 2 is 2.18 bits per heavy atom. The van der Waals surface area contributed by atoms with Gasteiger partial charge in [0, 0.05) is 11.4 Å². The third-order valence-corrected chi connectivity index (χ3v) is 2.51. The minimum absolute atomic E-state index is 0.252. The highest BCUT2D eigenvalue weighted by molar-refractivity contribution is 6.05. The fourth-order valence-electron chi connectivity index (χ4n) is 1.48. The molecule has 0 atom stereocenters. The van der Waals surface area contributed by atoms with Crippen molar-refractivity contribution >= 4 is 17.3 Å². The minimum Gasteiger partial charge on any atom is -0.399 e. The van der Waals surface area contributed by atoms with E-state index in [0.717, 1.165) is 5.56 Å². The van der Waals surface area contributed by atoms with Crippen LogP contribution in [0.3, 0.4) is 0 Å². The van der Waals surface area contributed by atoms with Crippen molar-refractivity contribution in [3.8, 4) is 0 Å². The molecule has 88 valence electrons. The number of rotatable bonds is 2. The molecule has 1 amide bonds. The SMILES string of the molecule is Cc1ccc(N)cc1NC(=O)c1cnoc1C. The van der Waals surface area contributed by atoms with Crippen molar-refractivity contribution in [2.45, 2.75) is 13.8 Å². The van der Waals surface area contributed by atoms with E-state index in [9.17, 15) is 4.79 Å². The maximum atomic E-state index is 11.9. The normalized spacial score (nSPS) is 10.2. The maximum absolute atomic E-state index is 11.9. The van der Waals surface area contributed by atoms with Gasteiger partial charge in [-0.25, -0.2) is 0 Å². The Bertz CT molecular complexity index is 561. The van der Waals surface area contributed by atoms with Crippen LogP contribution in [0.15, 0.2) is 28.9 Å². The summed E-state index contributed by atoms with van der Waals surface area (Å²) >= 11 is 0. The summed E-state index contributed by atoms with van der Waals surface area (Å²) < 4.78 is 4.84. The summed E-state index contributed by atoms with van der Waals surface area (Å²) in [5.74, 6) is 0.238. The fraction of sp³-hybridized carbons (Fsp3) is 0.167. The second-order valence-corrected chi connectivity index (χ2v) is 3.82. The Hall–Kier alpha value is -2.30. The summed E-state index contributed by atoms with van der Waals surface area (Å²) in [4.78, 5) is 11.9. The first kappa shape index (κ1) is 11.2. The van der Waals surface area contributed by atoms with Crippen LogP contribution in [0.25, 0.3) is 0 Å². The number of hydrogen-bond acceptors (Lipinski definition) is 4. The van der Waals surface area contributed by atoms with E-state index in [1.807, 2.05) is 13.0 Å². The van der Waals surface area contributed by atoms with Crippen LogP contribution in [0.5, 0.6) is 0 Å². The van der Waals surface area contributed by atoms with E-state index < -0.39 is 0 Å². The zero-order valence-corrected chi connectivity index (χ0v) is 9.65. The quantitative estimate of drug-likeness (QED) is 0.776. The van der Waals surface area contributed by atoms with E-state index in [1.165, 1.54) is 6.20 Å². The van der Waals surface area contributed by atoms with E-state index in [1.54, 1.807) is 19.1 Å². The van der Waals surface area contributed by atoms with E-state index in [-0.39, 0.29) is 5.91 Å². The molecule has 0 saturated carbocycles. The number of anilines is 2. The molecule has 0 unspecified atom stereocenters. The molecule has 5 nitrogen and oxygen atoms in total. The van der Waals surface area contributed by atoms with Gasteiger partial charge in [-0.1, -0.05) is 11.2 Å². The molecule has 0 fully saturated rings. The van der Waals surface area contributed by atoms with Crippen LogP contribution in [0.1, 0.15) is 21.7 Å². The molecular formula is C12H13N3O2. The molecule has 1 heterocycles. The number of nitrogens with one attached hydrogen (secondary N) is 1. The number of amides is 1. The van der Waals surface area contributed by atoms with Gasteiger partial charge in [0.15, 0.2) is 0 Å². The van der Waals surface area contributed by atoms with Gasteiger partial charge in [-0.15, -0.1) is 0 Å². The number of nitrogens with zero attached hydrogens (tertiary/aromatic N) is 1. The van der Waals surface area contributed by atoms with Crippen LogP contribution in [0.2, 0.25) is 0 Å². The van der Waals surface area contributed by atoms with E-state index in [0.29, 0.717) is 22.7 Å². The van der Waals surface area contributed by atoms with Crippen LogP contribution in [-0.4, -0.2) is 11.1 Å². The predicted molar refractivity (Wildman–Crippen MR) is 64.8 cm³/mol. The maximum Gasteiger partial charge on any atom is 0.260 e. The van der Waals surface area contributed by atoms with Crippen LogP contribution in [0.4, 0.5) is 11.4 Å². The van der Waals surface area contributed by atoms with Gasteiger partial charge in [-0.3, -0.25) is 4.79 Å². The van der Waals surface area contributed by atoms with Crippen LogP contribution >= 0.6 is 0 Å². The van der Waals surface area contributed by atoms with Gasteiger partial charge in [0.2, 0.25) is 0 Å². The number of carbonyl (C=O) groups is 1. The second-order valence-electron chi connectivity index (χ2n) is 3.82. The molecule has 1 aromatic carbocycles. The van der Waals surface area contributed by atoms with Crippen molar-refractivity contribution in [1.82, 2.24) is 5.16 Å². The molecule has 0 saturated heterocycles. The molecule has 0 bridgehead atoms. The number of carbonyl (C=O) groups excluding carboxylic acids is 1. The van der Waals surface area contributed by atoms with Gasteiger partial charge >= 0.3 is 0 Å². The molecule has 17 heavy (non-hydrogen) atoms. The number of aromatic nitrogens is 1. The first-order valence-electron chi connectivity index (χ1n) is 5.16. The van der Waals surface area contributed by atoms with Gasteiger partial charge in [0.25, 0.3) is 5.91 Å². The summed E-state index contributed by atoms with van der Waals surface area (Å²) in [6.07, 6.45) is 1.40. The molecule has 3 N–H and O–H groups in total. The predicted octanol–water partition coefficient (Wildman–Crippen LogP) is 2.13. The van der Waals surface area contributed by atoms with Crippen molar-refractivity contribution in [3.05, 3.63) is 41.3 Å². The Kier molecular flexibility index (Phi) is 2.82. The van der Waals surface area contributed by atoms with Crippen LogP contribution in [0, 0.1) is 13.8 Å².